The van der Waals surface area contributed by atoms with Crippen molar-refractivity contribution in [2.24, 2.45) is 22.7 Å². The predicted octanol–water partition coefficient (Wildman–Crippen LogP) is 4.74. The lowest BCUT2D eigenvalue weighted by atomic mass is 9.94. The van der Waals surface area contributed by atoms with Crippen LogP contribution < -0.4 is 11.1 Å². The Morgan fingerprint density at radius 2 is 1.93 bits per heavy atom. The highest BCUT2D eigenvalue weighted by atomic mass is 19.1. The van der Waals surface area contributed by atoms with Crippen LogP contribution in [-0.2, 0) is 9.53 Å². The number of nitrogens with zero attached hydrogens (tertiary/aromatic N) is 1. The van der Waals surface area contributed by atoms with E-state index in [1.165, 1.54) is 32.1 Å². The van der Waals surface area contributed by atoms with Gasteiger partial charge in [0, 0.05) is 12.6 Å². The van der Waals surface area contributed by atoms with Crippen molar-refractivity contribution in [1.82, 2.24) is 5.32 Å². The molecule has 2 saturated heterocycles. The number of carbonyl (C=O) groups is 1. The van der Waals surface area contributed by atoms with Gasteiger partial charge in [-0.25, -0.2) is 0 Å². The number of nitrogens with two attached hydrogens (primary N) is 1. The Balaban J connectivity index is 0.000000477. The molecule has 4 unspecified atom stereocenters. The number of unbranched alkanes of at least 4 members (excludes halogenated alkanes) is 1. The summed E-state index contributed by atoms with van der Waals surface area (Å²) in [6.07, 6.45) is 11.4. The zero-order valence-corrected chi connectivity index (χ0v) is 18.8. The molecule has 2 fully saturated rings. The van der Waals surface area contributed by atoms with Gasteiger partial charge in [0.15, 0.2) is 0 Å². The minimum atomic E-state index is -0.138. The van der Waals surface area contributed by atoms with Gasteiger partial charge in [-0.3, -0.25) is 9.18 Å². The van der Waals surface area contributed by atoms with E-state index in [-0.39, 0.29) is 25.2 Å². The highest BCUT2D eigenvalue weighted by Crippen LogP contribution is 2.22. The first-order valence-electron chi connectivity index (χ1n) is 11.3. The molecule has 7 heteroatoms. The monoisotopic (exact) mass is 417 g/mol. The topological polar surface area (TPSA) is 93.8 Å². The zero-order chi connectivity index (χ0) is 21.9. The van der Waals surface area contributed by atoms with Gasteiger partial charge < -0.3 is 15.8 Å². The number of alkyl halides is 1. The Labute approximate surface area is 176 Å². The molecule has 2 aliphatic rings. The summed E-state index contributed by atoms with van der Waals surface area (Å²) < 4.78 is 17.4. The number of hydrogen-bond acceptors (Lipinski definition) is 5. The summed E-state index contributed by atoms with van der Waals surface area (Å²) in [6.45, 7) is 8.39. The number of primary amides is 1. The van der Waals surface area contributed by atoms with Crippen molar-refractivity contribution in [3.05, 3.63) is 4.91 Å². The first-order valence-corrected chi connectivity index (χ1v) is 11.3. The molecule has 0 radical (unpaired) electrons. The Hall–Kier alpha value is -1.08. The Morgan fingerprint density at radius 1 is 1.21 bits per heavy atom. The summed E-state index contributed by atoms with van der Waals surface area (Å²) in [5.74, 6) is 1.57. The SMILES string of the molecule is CC(C)CCC1CC(N=O)CCO1.CC1CCC(CCCCF)CCN1.NC=O. The smallest absolute Gasteiger partial charge is 0.204 e. The van der Waals surface area contributed by atoms with Gasteiger partial charge in [0.25, 0.3) is 0 Å². The van der Waals surface area contributed by atoms with Gasteiger partial charge in [-0.1, -0.05) is 31.9 Å². The number of halogens is 1. The van der Waals surface area contributed by atoms with E-state index in [9.17, 15) is 9.30 Å². The fraction of sp³-hybridized carbons (Fsp3) is 0.955. The number of nitrogens with one attached hydrogen (secondary N) is 1. The molecule has 4 atom stereocenters. The maximum atomic E-state index is 11.9. The fourth-order valence-corrected chi connectivity index (χ4v) is 3.76. The Morgan fingerprint density at radius 3 is 2.55 bits per heavy atom. The third-order valence-electron chi connectivity index (χ3n) is 5.60. The van der Waals surface area contributed by atoms with Crippen LogP contribution in [-0.4, -0.2) is 44.4 Å². The molecule has 172 valence electrons. The van der Waals surface area contributed by atoms with Crippen LogP contribution in [0.3, 0.4) is 0 Å². The van der Waals surface area contributed by atoms with Crippen LogP contribution in [0.25, 0.3) is 0 Å². The van der Waals surface area contributed by atoms with Gasteiger partial charge >= 0.3 is 0 Å². The molecule has 1 amide bonds. The molecule has 29 heavy (non-hydrogen) atoms. The lowest BCUT2D eigenvalue weighted by molar-refractivity contribution is -0.106. The second-order valence-electron chi connectivity index (χ2n) is 8.66. The van der Waals surface area contributed by atoms with Crippen molar-refractivity contribution in [1.29, 1.82) is 0 Å². The van der Waals surface area contributed by atoms with Crippen LogP contribution in [0.2, 0.25) is 0 Å². The van der Waals surface area contributed by atoms with Gasteiger partial charge in [-0.15, -0.1) is 0 Å². The van der Waals surface area contributed by atoms with Gasteiger partial charge in [0.1, 0.15) is 0 Å². The molecule has 3 N–H and O–H groups in total. The Kier molecular flexibility index (Phi) is 18.2. The molecule has 0 bridgehead atoms. The summed E-state index contributed by atoms with van der Waals surface area (Å²) in [5.41, 5.74) is 4.17. The third-order valence-corrected chi connectivity index (χ3v) is 5.60. The van der Waals surface area contributed by atoms with Gasteiger partial charge in [0.2, 0.25) is 6.41 Å². The van der Waals surface area contributed by atoms with Crippen LogP contribution in [0.4, 0.5) is 4.39 Å². The van der Waals surface area contributed by atoms with Crippen molar-refractivity contribution in [2.45, 2.75) is 103 Å². The summed E-state index contributed by atoms with van der Waals surface area (Å²) in [7, 11) is 0. The first-order chi connectivity index (χ1) is 14.0. The summed E-state index contributed by atoms with van der Waals surface area (Å²) in [4.78, 5) is 18.9. The van der Waals surface area contributed by atoms with E-state index in [0.717, 1.165) is 44.6 Å². The van der Waals surface area contributed by atoms with Crippen LogP contribution in [0.15, 0.2) is 5.18 Å². The average molecular weight is 418 g/mol. The molecule has 0 aromatic rings. The average Bonchev–Trinajstić information content (AvgIpc) is 2.92. The maximum Gasteiger partial charge on any atom is 0.204 e. The number of nitroso groups, excluding NO2 is 1. The van der Waals surface area contributed by atoms with E-state index in [1.54, 1.807) is 0 Å². The second-order valence-corrected chi connectivity index (χ2v) is 8.66. The van der Waals surface area contributed by atoms with Crippen molar-refractivity contribution < 1.29 is 13.9 Å². The number of ether oxygens (including phenoxy) is 1. The highest BCUT2D eigenvalue weighted by molar-refractivity contribution is 5.42. The van der Waals surface area contributed by atoms with Crippen molar-refractivity contribution in [3.8, 4) is 0 Å². The Bertz CT molecular complexity index is 399. The van der Waals surface area contributed by atoms with Gasteiger partial charge in [-0.2, -0.15) is 4.91 Å². The molecule has 2 aliphatic heterocycles. The molecule has 2 rings (SSSR count). The van der Waals surface area contributed by atoms with Crippen molar-refractivity contribution in [2.75, 3.05) is 19.8 Å². The van der Waals surface area contributed by atoms with E-state index >= 15 is 0 Å². The van der Waals surface area contributed by atoms with Crippen molar-refractivity contribution in [3.63, 3.8) is 0 Å². The van der Waals surface area contributed by atoms with Crippen LogP contribution in [0.5, 0.6) is 0 Å². The lowest BCUT2D eigenvalue weighted by Crippen LogP contribution is -2.27. The zero-order valence-electron chi connectivity index (χ0n) is 18.8. The summed E-state index contributed by atoms with van der Waals surface area (Å²) >= 11 is 0. The summed E-state index contributed by atoms with van der Waals surface area (Å²) in [5, 5.41) is 6.59. The first kappa shape index (κ1) is 27.9. The molecule has 0 aliphatic carbocycles. The van der Waals surface area contributed by atoms with Crippen LogP contribution in [0, 0.1) is 16.7 Å². The lowest BCUT2D eigenvalue weighted by Gasteiger charge is -2.26. The van der Waals surface area contributed by atoms with Crippen LogP contribution in [0.1, 0.15) is 85.0 Å². The largest absolute Gasteiger partial charge is 0.378 e. The summed E-state index contributed by atoms with van der Waals surface area (Å²) in [6, 6.07) is 0.692. The molecule has 0 spiro atoms. The quantitative estimate of drug-likeness (QED) is 0.339. The van der Waals surface area contributed by atoms with E-state index < -0.39 is 0 Å². The van der Waals surface area contributed by atoms with E-state index in [4.69, 9.17) is 9.53 Å². The van der Waals surface area contributed by atoms with Crippen molar-refractivity contribution >= 4 is 6.41 Å². The maximum absolute atomic E-state index is 11.9. The minimum absolute atomic E-state index is 0.00547. The fourth-order valence-electron chi connectivity index (χ4n) is 3.76. The van der Waals surface area contributed by atoms with Crippen LogP contribution >= 0.6 is 0 Å². The number of rotatable bonds is 8. The number of amides is 1. The molecule has 0 saturated carbocycles. The molecule has 0 aromatic carbocycles. The standard InChI is InChI=1S/C11H22FN.C10H19NO2.CH3NO/c1-10-5-6-11(7-9-13-10)4-2-3-8-12;1-8(2)3-4-10-7-9(11-12)5-6-13-10;2-1-3/h10-11,13H,2-9H2,1H3;8-10H,3-7H2,1-2H3;1H,(H2,2,3). The number of carbonyl (C=O) groups excluding carboxylic acids is 1. The highest BCUT2D eigenvalue weighted by Gasteiger charge is 2.22. The van der Waals surface area contributed by atoms with E-state index in [1.807, 2.05) is 0 Å². The second kappa shape index (κ2) is 18.9. The molecule has 6 nitrogen and oxygen atoms in total. The predicted molar refractivity (Wildman–Crippen MR) is 118 cm³/mol. The number of hydrogen-bond donors (Lipinski definition) is 2. The van der Waals surface area contributed by atoms with Gasteiger partial charge in [0.05, 0.1) is 18.8 Å². The minimum Gasteiger partial charge on any atom is -0.378 e. The third kappa shape index (κ3) is 16.4. The van der Waals surface area contributed by atoms with Gasteiger partial charge in [-0.05, 0) is 76.7 Å². The normalized spacial score (nSPS) is 26.9. The molecular weight excluding hydrogens is 373 g/mol. The molecular formula is C22H44FN3O3. The van der Waals surface area contributed by atoms with E-state index in [2.05, 4.69) is 37.0 Å². The molecule has 2 heterocycles. The van der Waals surface area contributed by atoms with E-state index in [0.29, 0.717) is 18.6 Å². The molecule has 0 aromatic heterocycles.